The van der Waals surface area contributed by atoms with Crippen molar-refractivity contribution < 1.29 is 9.32 Å². The lowest BCUT2D eigenvalue weighted by atomic mass is 9.94. The van der Waals surface area contributed by atoms with Gasteiger partial charge in [0, 0.05) is 30.6 Å². The molecule has 3 heterocycles. The fourth-order valence-corrected chi connectivity index (χ4v) is 5.02. The summed E-state index contributed by atoms with van der Waals surface area (Å²) < 4.78 is 5.53. The van der Waals surface area contributed by atoms with Crippen molar-refractivity contribution in [3.05, 3.63) is 36.2 Å². The van der Waals surface area contributed by atoms with Crippen molar-refractivity contribution in [2.24, 2.45) is 5.92 Å². The van der Waals surface area contributed by atoms with Crippen LogP contribution in [0.15, 0.2) is 35.1 Å². The molecule has 0 atom stereocenters. The van der Waals surface area contributed by atoms with Crippen molar-refractivity contribution in [3.63, 3.8) is 0 Å². The number of hydrogen-bond acceptors (Lipinski definition) is 6. The molecule has 168 valence electrons. The fraction of sp³-hybridized carbons (Fsp3) is 0.520. The molecule has 2 fully saturated rings. The van der Waals surface area contributed by atoms with E-state index in [0.717, 1.165) is 61.2 Å². The summed E-state index contributed by atoms with van der Waals surface area (Å²) in [5.41, 5.74) is 3.45. The van der Waals surface area contributed by atoms with E-state index in [0.29, 0.717) is 11.8 Å². The number of fused-ring (bicyclic) bond motifs is 1. The number of rotatable bonds is 4. The van der Waals surface area contributed by atoms with Crippen LogP contribution in [0.1, 0.15) is 56.9 Å². The quantitative estimate of drug-likeness (QED) is 0.603. The molecular formula is C25H31N5O2. The zero-order valence-corrected chi connectivity index (χ0v) is 18.7. The molecule has 1 N–H and O–H groups in total. The normalized spacial score (nSPS) is 18.6. The number of benzene rings is 1. The summed E-state index contributed by atoms with van der Waals surface area (Å²) in [6.45, 7) is 3.64. The fourth-order valence-electron chi connectivity index (χ4n) is 5.02. The summed E-state index contributed by atoms with van der Waals surface area (Å²) in [4.78, 5) is 24.0. The van der Waals surface area contributed by atoms with Crippen molar-refractivity contribution >= 4 is 22.8 Å². The minimum Gasteiger partial charge on any atom is -0.356 e. The van der Waals surface area contributed by atoms with Crippen molar-refractivity contribution in [2.45, 2.75) is 64.3 Å². The van der Waals surface area contributed by atoms with Crippen molar-refractivity contribution in [1.29, 1.82) is 0 Å². The van der Waals surface area contributed by atoms with Crippen LogP contribution >= 0.6 is 0 Å². The van der Waals surface area contributed by atoms with E-state index in [1.165, 1.54) is 37.6 Å². The first-order chi connectivity index (χ1) is 15.7. The first kappa shape index (κ1) is 20.9. The molecule has 2 aromatic heterocycles. The molecule has 1 aliphatic heterocycles. The lowest BCUT2D eigenvalue weighted by Gasteiger charge is -2.33. The third-order valence-electron chi connectivity index (χ3n) is 6.94. The van der Waals surface area contributed by atoms with Crippen LogP contribution in [0.3, 0.4) is 0 Å². The monoisotopic (exact) mass is 433 g/mol. The van der Waals surface area contributed by atoms with Gasteiger partial charge in [0.1, 0.15) is 23.2 Å². The zero-order chi connectivity index (χ0) is 21.9. The maximum atomic E-state index is 12.9. The summed E-state index contributed by atoms with van der Waals surface area (Å²) in [7, 11) is 0. The summed E-state index contributed by atoms with van der Waals surface area (Å²) in [6, 6.07) is 8.59. The second kappa shape index (κ2) is 9.27. The molecule has 0 unspecified atom stereocenters. The molecule has 1 aliphatic carbocycles. The van der Waals surface area contributed by atoms with E-state index in [2.05, 4.69) is 44.4 Å². The van der Waals surface area contributed by atoms with Gasteiger partial charge in [0.15, 0.2) is 0 Å². The van der Waals surface area contributed by atoms with Crippen LogP contribution in [-0.4, -0.2) is 40.2 Å². The Kier molecular flexibility index (Phi) is 6.06. The number of piperidine rings is 1. The van der Waals surface area contributed by atoms with E-state index in [9.17, 15) is 4.79 Å². The molecule has 0 radical (unpaired) electrons. The second-order valence-corrected chi connectivity index (χ2v) is 9.23. The summed E-state index contributed by atoms with van der Waals surface area (Å²) in [5.74, 6) is 1.15. The second-order valence-electron chi connectivity index (χ2n) is 9.23. The molecule has 0 spiro atoms. The number of carbonyl (C=O) groups is 1. The molecule has 3 aromatic rings. The first-order valence-corrected chi connectivity index (χ1v) is 11.9. The third kappa shape index (κ3) is 4.33. The van der Waals surface area contributed by atoms with E-state index in [1.54, 1.807) is 0 Å². The van der Waals surface area contributed by atoms with Gasteiger partial charge in [0.2, 0.25) is 5.91 Å². The largest absolute Gasteiger partial charge is 0.356 e. The van der Waals surface area contributed by atoms with Gasteiger partial charge in [0.25, 0.3) is 5.71 Å². The molecule has 7 nitrogen and oxygen atoms in total. The van der Waals surface area contributed by atoms with Crippen LogP contribution in [0.5, 0.6) is 0 Å². The van der Waals surface area contributed by atoms with E-state index in [1.807, 2.05) is 12.1 Å². The predicted molar refractivity (Wildman–Crippen MR) is 124 cm³/mol. The van der Waals surface area contributed by atoms with Gasteiger partial charge in [-0.05, 0) is 32.6 Å². The van der Waals surface area contributed by atoms with Crippen LogP contribution in [0.25, 0.3) is 22.4 Å². The highest BCUT2D eigenvalue weighted by Gasteiger charge is 2.29. The van der Waals surface area contributed by atoms with E-state index in [4.69, 9.17) is 4.52 Å². The smallest absolute Gasteiger partial charge is 0.263 e. The number of hydrogen-bond donors (Lipinski definition) is 1. The lowest BCUT2D eigenvalue weighted by molar-refractivity contribution is -0.126. The highest BCUT2D eigenvalue weighted by atomic mass is 16.5. The van der Waals surface area contributed by atoms with Gasteiger partial charge in [-0.1, -0.05) is 60.7 Å². The Morgan fingerprint density at radius 2 is 1.72 bits per heavy atom. The van der Waals surface area contributed by atoms with Crippen molar-refractivity contribution in [1.82, 2.24) is 20.4 Å². The Hall–Kier alpha value is -2.96. The van der Waals surface area contributed by atoms with Gasteiger partial charge in [0.05, 0.1) is 0 Å². The topological polar surface area (TPSA) is 84.2 Å². The molecule has 32 heavy (non-hydrogen) atoms. The highest BCUT2D eigenvalue weighted by Crippen LogP contribution is 2.35. The van der Waals surface area contributed by atoms with Gasteiger partial charge in [-0.15, -0.1) is 0 Å². The van der Waals surface area contributed by atoms with Crippen LogP contribution < -0.4 is 10.2 Å². The van der Waals surface area contributed by atoms with E-state index < -0.39 is 0 Å². The molecule has 0 bridgehead atoms. The Bertz CT molecular complexity index is 1060. The minimum absolute atomic E-state index is 0.0749. The molecule has 7 heteroatoms. The van der Waals surface area contributed by atoms with Crippen molar-refractivity contribution in [3.8, 4) is 11.3 Å². The molecular weight excluding hydrogens is 402 g/mol. The SMILES string of the molecule is Cc1ccc(-c2noc3ncnc(N4CCC(C(=O)NC5CCCCCC5)CC4)c23)cc1. The van der Waals surface area contributed by atoms with Gasteiger partial charge in [-0.2, -0.15) is 4.98 Å². The summed E-state index contributed by atoms with van der Waals surface area (Å²) >= 11 is 0. The number of anilines is 1. The molecule has 1 saturated heterocycles. The minimum atomic E-state index is 0.0749. The number of carbonyl (C=O) groups excluding carboxylic acids is 1. The van der Waals surface area contributed by atoms with E-state index in [-0.39, 0.29) is 11.8 Å². The van der Waals surface area contributed by atoms with Gasteiger partial charge >= 0.3 is 0 Å². The van der Waals surface area contributed by atoms with Crippen LogP contribution in [0, 0.1) is 12.8 Å². The zero-order valence-electron chi connectivity index (χ0n) is 18.7. The average molecular weight is 434 g/mol. The molecule has 2 aliphatic rings. The van der Waals surface area contributed by atoms with Gasteiger partial charge < -0.3 is 14.7 Å². The molecule has 1 aromatic carbocycles. The Morgan fingerprint density at radius 3 is 2.44 bits per heavy atom. The molecule has 1 saturated carbocycles. The lowest BCUT2D eigenvalue weighted by Crippen LogP contribution is -2.44. The Morgan fingerprint density at radius 1 is 1.00 bits per heavy atom. The highest BCUT2D eigenvalue weighted by molar-refractivity contribution is 5.98. The Labute approximate surface area is 188 Å². The predicted octanol–water partition coefficient (Wildman–Crippen LogP) is 4.65. The van der Waals surface area contributed by atoms with Crippen LogP contribution in [-0.2, 0) is 4.79 Å². The Balaban J connectivity index is 1.30. The molecule has 5 rings (SSSR count). The number of aromatic nitrogens is 3. The summed E-state index contributed by atoms with van der Waals surface area (Å²) in [6.07, 6.45) is 10.5. The maximum absolute atomic E-state index is 12.9. The van der Waals surface area contributed by atoms with Crippen LogP contribution in [0.4, 0.5) is 5.82 Å². The number of nitrogens with zero attached hydrogens (tertiary/aromatic N) is 4. The van der Waals surface area contributed by atoms with Gasteiger partial charge in [-0.3, -0.25) is 4.79 Å². The van der Waals surface area contributed by atoms with Crippen molar-refractivity contribution in [2.75, 3.05) is 18.0 Å². The first-order valence-electron chi connectivity index (χ1n) is 11.9. The maximum Gasteiger partial charge on any atom is 0.263 e. The number of aryl methyl sites for hydroxylation is 1. The van der Waals surface area contributed by atoms with E-state index >= 15 is 0 Å². The molecule has 1 amide bonds. The standard InChI is InChI=1S/C25H31N5O2/c1-17-8-10-18(11-9-17)22-21-23(26-16-27-25(21)32-29-22)30-14-12-19(13-15-30)24(31)28-20-6-4-2-3-5-7-20/h8-11,16,19-20H,2-7,12-15H2,1H3,(H,28,31). The average Bonchev–Trinajstić information content (AvgIpc) is 3.09. The third-order valence-corrected chi connectivity index (χ3v) is 6.94. The number of amides is 1. The number of nitrogens with one attached hydrogen (secondary N) is 1. The summed E-state index contributed by atoms with van der Waals surface area (Å²) in [5, 5.41) is 8.48. The van der Waals surface area contributed by atoms with Crippen LogP contribution in [0.2, 0.25) is 0 Å². The van der Waals surface area contributed by atoms with Gasteiger partial charge in [-0.25, -0.2) is 4.98 Å².